The van der Waals surface area contributed by atoms with Crippen molar-refractivity contribution >= 4 is 29.4 Å². The van der Waals surface area contributed by atoms with Gasteiger partial charge >= 0.3 is 6.18 Å². The molecule has 5 N–H and O–H groups in total. The number of hydrogen-bond donors (Lipinski definition) is 4. The Morgan fingerprint density at radius 3 is 2.57 bits per heavy atom. The zero-order chi connectivity index (χ0) is 25.6. The fourth-order valence-electron chi connectivity index (χ4n) is 3.29. The highest BCUT2D eigenvalue weighted by atomic mass is 19.4. The number of carbonyl (C=O) groups excluding carboxylic acids is 2. The van der Waals surface area contributed by atoms with Gasteiger partial charge in [0, 0.05) is 18.6 Å². The number of amides is 2. The maximum Gasteiger partial charge on any atom is 0.418 e. The van der Waals surface area contributed by atoms with Gasteiger partial charge in [-0.2, -0.15) is 13.2 Å². The minimum Gasteiger partial charge on any atom is -0.404 e. The molecule has 2 amide bonds. The quantitative estimate of drug-likeness (QED) is 0.319. The molecule has 1 aromatic heterocycles. The van der Waals surface area contributed by atoms with Crippen LogP contribution in [0.4, 0.5) is 24.5 Å². The monoisotopic (exact) mass is 486 g/mol. The highest BCUT2D eigenvalue weighted by Crippen LogP contribution is 2.38. The molecule has 1 aromatic carbocycles. The summed E-state index contributed by atoms with van der Waals surface area (Å²) in [5, 5.41) is 8.18. The van der Waals surface area contributed by atoms with Crippen molar-refractivity contribution in [3.8, 4) is 0 Å². The summed E-state index contributed by atoms with van der Waals surface area (Å²) in [5.41, 5.74) is 4.99. The Morgan fingerprint density at radius 2 is 2.00 bits per heavy atom. The van der Waals surface area contributed by atoms with Crippen LogP contribution in [0.2, 0.25) is 0 Å². The maximum atomic E-state index is 13.3. The van der Waals surface area contributed by atoms with Crippen LogP contribution in [-0.2, 0) is 22.3 Å². The zero-order valence-corrected chi connectivity index (χ0v) is 18.9. The molecule has 184 valence electrons. The number of anilines is 2. The topological polar surface area (TPSA) is 121 Å². The smallest absolute Gasteiger partial charge is 0.404 e. The standard InChI is InChI=1S/C24H25F3N6O2/c1-3-29-12-16(11-28)21(34)33-23(9-10-23)22(35)31-13-17-7-8-18(14-30-17)32-20-15(2)5-4-6-19(20)24(25,26)27/h3-8,11-12,14,32H,1,9-10,13,28H2,2H3,(H,31,35)(H,33,34)/b16-11+,29-12-. The molecular formula is C24H25F3N6O2. The third kappa shape index (κ3) is 6.25. The normalized spacial score (nSPS) is 14.9. The molecule has 0 spiro atoms. The van der Waals surface area contributed by atoms with Gasteiger partial charge in [-0.05, 0) is 43.5 Å². The summed E-state index contributed by atoms with van der Waals surface area (Å²) in [6.45, 7) is 5.08. The summed E-state index contributed by atoms with van der Waals surface area (Å²) in [6.07, 6.45) is 1.40. The maximum absolute atomic E-state index is 13.3. The first kappa shape index (κ1) is 25.5. The van der Waals surface area contributed by atoms with E-state index in [0.29, 0.717) is 29.8 Å². The van der Waals surface area contributed by atoms with Gasteiger partial charge in [0.25, 0.3) is 5.91 Å². The molecule has 35 heavy (non-hydrogen) atoms. The number of rotatable bonds is 9. The van der Waals surface area contributed by atoms with Crippen molar-refractivity contribution in [3.63, 3.8) is 0 Å². The van der Waals surface area contributed by atoms with E-state index in [-0.39, 0.29) is 23.7 Å². The van der Waals surface area contributed by atoms with E-state index in [1.54, 1.807) is 25.1 Å². The van der Waals surface area contributed by atoms with Crippen molar-refractivity contribution in [1.82, 2.24) is 15.6 Å². The Labute approximate surface area is 200 Å². The third-order valence-electron chi connectivity index (χ3n) is 5.40. The second kappa shape index (κ2) is 10.4. The lowest BCUT2D eigenvalue weighted by Crippen LogP contribution is -2.49. The summed E-state index contributed by atoms with van der Waals surface area (Å²) in [6, 6.07) is 7.11. The number of halogens is 3. The second-order valence-corrected chi connectivity index (χ2v) is 7.96. The minimum absolute atomic E-state index is 0.0432. The summed E-state index contributed by atoms with van der Waals surface area (Å²) < 4.78 is 40.0. The number of aromatic nitrogens is 1. The number of alkyl halides is 3. The molecule has 0 saturated heterocycles. The van der Waals surface area contributed by atoms with Gasteiger partial charge in [-0.25, -0.2) is 0 Å². The molecule has 3 rings (SSSR count). The van der Waals surface area contributed by atoms with E-state index in [2.05, 4.69) is 32.5 Å². The van der Waals surface area contributed by atoms with Gasteiger partial charge in [-0.15, -0.1) is 0 Å². The minimum atomic E-state index is -4.50. The van der Waals surface area contributed by atoms with Crippen LogP contribution in [-0.4, -0.2) is 28.6 Å². The fraction of sp³-hybridized carbons (Fsp3) is 0.250. The largest absolute Gasteiger partial charge is 0.418 e. The molecule has 11 heteroatoms. The summed E-state index contributed by atoms with van der Waals surface area (Å²) in [7, 11) is 0. The molecule has 8 nitrogen and oxygen atoms in total. The van der Waals surface area contributed by atoms with Gasteiger partial charge in [0.2, 0.25) is 5.91 Å². The molecule has 1 fully saturated rings. The highest BCUT2D eigenvalue weighted by molar-refractivity contribution is 6.13. The van der Waals surface area contributed by atoms with Crippen LogP contribution >= 0.6 is 0 Å². The van der Waals surface area contributed by atoms with E-state index in [9.17, 15) is 22.8 Å². The number of aryl methyl sites for hydroxylation is 1. The van der Waals surface area contributed by atoms with Crippen LogP contribution < -0.4 is 21.7 Å². The van der Waals surface area contributed by atoms with Crippen LogP contribution in [0.25, 0.3) is 0 Å². The van der Waals surface area contributed by atoms with E-state index < -0.39 is 23.2 Å². The molecule has 0 unspecified atom stereocenters. The number of aliphatic imine (C=N–C) groups is 1. The lowest BCUT2D eigenvalue weighted by molar-refractivity contribution is -0.137. The van der Waals surface area contributed by atoms with Gasteiger partial charge in [-0.1, -0.05) is 18.7 Å². The first-order valence-electron chi connectivity index (χ1n) is 10.6. The predicted molar refractivity (Wildman–Crippen MR) is 127 cm³/mol. The summed E-state index contributed by atoms with van der Waals surface area (Å²) in [5.74, 6) is -0.907. The molecule has 1 saturated carbocycles. The van der Waals surface area contributed by atoms with Crippen LogP contribution in [0.1, 0.15) is 29.7 Å². The number of hydrogen-bond acceptors (Lipinski definition) is 6. The number of pyridine rings is 1. The van der Waals surface area contributed by atoms with E-state index in [0.717, 1.165) is 12.3 Å². The van der Waals surface area contributed by atoms with Gasteiger partial charge < -0.3 is 21.7 Å². The number of nitrogens with zero attached hydrogens (tertiary/aromatic N) is 2. The molecule has 0 radical (unpaired) electrons. The van der Waals surface area contributed by atoms with Crippen molar-refractivity contribution in [2.45, 2.75) is 38.0 Å². The molecule has 1 aliphatic carbocycles. The van der Waals surface area contributed by atoms with Crippen molar-refractivity contribution in [1.29, 1.82) is 0 Å². The number of nitrogens with one attached hydrogen (secondary N) is 3. The van der Waals surface area contributed by atoms with Crippen molar-refractivity contribution in [3.05, 3.63) is 77.9 Å². The molecule has 0 aliphatic heterocycles. The third-order valence-corrected chi connectivity index (χ3v) is 5.40. The van der Waals surface area contributed by atoms with E-state index >= 15 is 0 Å². The van der Waals surface area contributed by atoms with Crippen molar-refractivity contribution < 1.29 is 22.8 Å². The van der Waals surface area contributed by atoms with Crippen LogP contribution in [0.15, 0.2) is 66.1 Å². The van der Waals surface area contributed by atoms with Gasteiger partial charge in [-0.3, -0.25) is 19.6 Å². The fourth-order valence-corrected chi connectivity index (χ4v) is 3.29. The lowest BCUT2D eigenvalue weighted by atomic mass is 10.1. The Kier molecular flexibility index (Phi) is 7.58. The van der Waals surface area contributed by atoms with Gasteiger partial charge in [0.1, 0.15) is 5.54 Å². The second-order valence-electron chi connectivity index (χ2n) is 7.96. The average molecular weight is 486 g/mol. The molecule has 0 bridgehead atoms. The van der Waals surface area contributed by atoms with Crippen molar-refractivity contribution in [2.75, 3.05) is 5.32 Å². The molecule has 1 aliphatic rings. The Balaban J connectivity index is 1.61. The first-order valence-corrected chi connectivity index (χ1v) is 10.6. The number of carbonyl (C=O) groups is 2. The van der Waals surface area contributed by atoms with Crippen molar-refractivity contribution in [2.24, 2.45) is 10.7 Å². The van der Waals surface area contributed by atoms with E-state index in [1.807, 2.05) is 0 Å². The Hall–Kier alpha value is -4.15. The molecular weight excluding hydrogens is 461 g/mol. The molecule has 0 atom stereocenters. The van der Waals surface area contributed by atoms with E-state index in [1.165, 1.54) is 24.7 Å². The zero-order valence-electron chi connectivity index (χ0n) is 18.9. The number of para-hydroxylation sites is 1. The lowest BCUT2D eigenvalue weighted by Gasteiger charge is -2.18. The van der Waals surface area contributed by atoms with Crippen LogP contribution in [0.5, 0.6) is 0 Å². The number of benzene rings is 1. The highest BCUT2D eigenvalue weighted by Gasteiger charge is 2.51. The SMILES string of the molecule is C=C/N=C\C(=C/N)C(=O)NC1(C(=O)NCc2ccc(Nc3c(C)cccc3C(F)(F)F)cn2)CC1. The summed E-state index contributed by atoms with van der Waals surface area (Å²) in [4.78, 5) is 33.0. The average Bonchev–Trinajstić information content (AvgIpc) is 3.60. The van der Waals surface area contributed by atoms with E-state index in [4.69, 9.17) is 5.73 Å². The van der Waals surface area contributed by atoms with Gasteiger partial charge in [0.15, 0.2) is 0 Å². The first-order chi connectivity index (χ1) is 16.6. The van der Waals surface area contributed by atoms with Crippen LogP contribution in [0, 0.1) is 6.92 Å². The van der Waals surface area contributed by atoms with Crippen LogP contribution in [0.3, 0.4) is 0 Å². The Bertz CT molecular complexity index is 1170. The van der Waals surface area contributed by atoms with Gasteiger partial charge in [0.05, 0.1) is 40.9 Å². The molecule has 1 heterocycles. The predicted octanol–water partition coefficient (Wildman–Crippen LogP) is 3.47. The summed E-state index contributed by atoms with van der Waals surface area (Å²) >= 11 is 0. The molecule has 2 aromatic rings. The Morgan fingerprint density at radius 1 is 1.26 bits per heavy atom. The number of nitrogens with two attached hydrogens (primary N) is 1.